The smallest absolute Gasteiger partial charge is 0.354 e. The molecule has 1 aromatic heterocycles. The summed E-state index contributed by atoms with van der Waals surface area (Å²) in [6, 6.07) is 6.02. The van der Waals surface area contributed by atoms with Crippen LogP contribution in [-0.2, 0) is 4.74 Å². The van der Waals surface area contributed by atoms with Crippen molar-refractivity contribution in [3.8, 4) is 0 Å². The number of carbonyl (C=O) groups excluding carboxylic acids is 1. The lowest BCUT2D eigenvalue weighted by atomic mass is 10.2. The molecule has 0 saturated heterocycles. The summed E-state index contributed by atoms with van der Waals surface area (Å²) in [5.41, 5.74) is -0.0558. The van der Waals surface area contributed by atoms with Crippen molar-refractivity contribution < 1.29 is 22.7 Å². The number of halogens is 4. The minimum Gasteiger partial charge on any atom is -0.464 e. The van der Waals surface area contributed by atoms with Gasteiger partial charge in [0, 0.05) is 9.86 Å². The Kier molecular flexibility index (Phi) is 3.84. The van der Waals surface area contributed by atoms with Gasteiger partial charge in [0.05, 0.1) is 12.6 Å². The molecule has 0 saturated carbocycles. The SMILES string of the molecule is COC(=O)c1cc2c(Br)cccc2n1C(F)C(F)F. The fourth-order valence-corrected chi connectivity index (χ4v) is 2.33. The van der Waals surface area contributed by atoms with Crippen molar-refractivity contribution in [3.05, 3.63) is 34.4 Å². The van der Waals surface area contributed by atoms with Crippen LogP contribution in [-0.4, -0.2) is 24.1 Å². The van der Waals surface area contributed by atoms with Gasteiger partial charge >= 0.3 is 5.97 Å². The number of hydrogen-bond donors (Lipinski definition) is 0. The van der Waals surface area contributed by atoms with Gasteiger partial charge in [0.1, 0.15) is 5.69 Å². The van der Waals surface area contributed by atoms with E-state index >= 15 is 0 Å². The number of nitrogens with zero attached hydrogens (tertiary/aromatic N) is 1. The van der Waals surface area contributed by atoms with Crippen LogP contribution in [0.1, 0.15) is 16.8 Å². The van der Waals surface area contributed by atoms with Crippen LogP contribution in [0.15, 0.2) is 28.7 Å². The van der Waals surface area contributed by atoms with Crippen LogP contribution in [0, 0.1) is 0 Å². The van der Waals surface area contributed by atoms with Crippen molar-refractivity contribution in [2.45, 2.75) is 12.7 Å². The number of esters is 1. The van der Waals surface area contributed by atoms with Gasteiger partial charge < -0.3 is 4.74 Å². The number of rotatable bonds is 3. The molecule has 0 radical (unpaired) electrons. The molecule has 0 fully saturated rings. The second kappa shape index (κ2) is 5.24. The average molecular weight is 336 g/mol. The maximum atomic E-state index is 13.7. The summed E-state index contributed by atoms with van der Waals surface area (Å²) in [5.74, 6) is -0.869. The van der Waals surface area contributed by atoms with Crippen LogP contribution in [0.3, 0.4) is 0 Å². The second-order valence-corrected chi connectivity index (χ2v) is 4.63. The molecule has 1 atom stereocenters. The van der Waals surface area contributed by atoms with Crippen LogP contribution in [0.4, 0.5) is 13.2 Å². The molecule has 1 heterocycles. The zero-order valence-electron chi connectivity index (χ0n) is 9.74. The monoisotopic (exact) mass is 335 g/mol. The van der Waals surface area contributed by atoms with Crippen LogP contribution in [0.5, 0.6) is 0 Å². The van der Waals surface area contributed by atoms with E-state index in [2.05, 4.69) is 20.7 Å². The van der Waals surface area contributed by atoms with Crippen LogP contribution < -0.4 is 0 Å². The zero-order chi connectivity index (χ0) is 14.2. The molecule has 102 valence electrons. The summed E-state index contributed by atoms with van der Waals surface area (Å²) < 4.78 is 44.6. The molecule has 0 aliphatic heterocycles. The van der Waals surface area contributed by atoms with E-state index < -0.39 is 18.7 Å². The predicted molar refractivity (Wildman–Crippen MR) is 67.1 cm³/mol. The number of ether oxygens (including phenoxy) is 1. The third-order valence-corrected chi connectivity index (χ3v) is 3.37. The molecular weight excluding hydrogens is 327 g/mol. The van der Waals surface area contributed by atoms with Gasteiger partial charge in [-0.15, -0.1) is 0 Å². The van der Waals surface area contributed by atoms with Crippen molar-refractivity contribution in [1.82, 2.24) is 4.57 Å². The highest BCUT2D eigenvalue weighted by Crippen LogP contribution is 2.32. The quantitative estimate of drug-likeness (QED) is 0.796. The first-order valence-electron chi connectivity index (χ1n) is 5.27. The molecule has 19 heavy (non-hydrogen) atoms. The van der Waals surface area contributed by atoms with Crippen LogP contribution in [0.25, 0.3) is 10.9 Å². The van der Waals surface area contributed by atoms with Gasteiger partial charge in [-0.1, -0.05) is 22.0 Å². The molecule has 0 N–H and O–H groups in total. The minimum absolute atomic E-state index is 0.197. The first-order chi connectivity index (χ1) is 8.97. The molecule has 0 bridgehead atoms. The highest BCUT2D eigenvalue weighted by Gasteiger charge is 2.28. The van der Waals surface area contributed by atoms with Crippen molar-refractivity contribution in [3.63, 3.8) is 0 Å². The van der Waals surface area contributed by atoms with Gasteiger partial charge in [-0.2, -0.15) is 0 Å². The highest BCUT2D eigenvalue weighted by molar-refractivity contribution is 9.10. The average Bonchev–Trinajstić information content (AvgIpc) is 2.77. The molecule has 7 heteroatoms. The number of hydrogen-bond acceptors (Lipinski definition) is 2. The summed E-state index contributed by atoms with van der Waals surface area (Å²) in [6.45, 7) is 0. The molecule has 2 rings (SSSR count). The number of aromatic nitrogens is 1. The van der Waals surface area contributed by atoms with E-state index in [-0.39, 0.29) is 11.2 Å². The summed E-state index contributed by atoms with van der Waals surface area (Å²) in [7, 11) is 1.11. The van der Waals surface area contributed by atoms with E-state index in [0.717, 1.165) is 7.11 Å². The van der Waals surface area contributed by atoms with Crippen molar-refractivity contribution in [1.29, 1.82) is 0 Å². The number of methoxy groups -OCH3 is 1. The Morgan fingerprint density at radius 3 is 2.63 bits per heavy atom. The summed E-state index contributed by atoms with van der Waals surface area (Å²) in [5, 5.41) is 0.464. The minimum atomic E-state index is -3.24. The topological polar surface area (TPSA) is 31.2 Å². The molecule has 0 amide bonds. The molecule has 0 aliphatic rings. The fourth-order valence-electron chi connectivity index (χ4n) is 1.85. The van der Waals surface area contributed by atoms with Gasteiger partial charge in [0.15, 0.2) is 0 Å². The molecule has 3 nitrogen and oxygen atoms in total. The molecule has 1 unspecified atom stereocenters. The Balaban J connectivity index is 2.76. The molecule has 0 spiro atoms. The molecule has 0 aliphatic carbocycles. The first kappa shape index (κ1) is 13.9. The van der Waals surface area contributed by atoms with E-state index in [4.69, 9.17) is 0 Å². The zero-order valence-corrected chi connectivity index (χ0v) is 11.3. The number of alkyl halides is 3. The first-order valence-corrected chi connectivity index (χ1v) is 6.06. The lowest BCUT2D eigenvalue weighted by molar-refractivity contribution is 0.00772. The normalized spacial score (nSPS) is 12.9. The van der Waals surface area contributed by atoms with Crippen molar-refractivity contribution in [2.24, 2.45) is 0 Å². The predicted octanol–water partition coefficient (Wildman–Crippen LogP) is 3.92. The third kappa shape index (κ3) is 2.34. The maximum absolute atomic E-state index is 13.7. The summed E-state index contributed by atoms with van der Waals surface area (Å²) >= 11 is 3.23. The van der Waals surface area contributed by atoms with E-state index in [1.165, 1.54) is 12.1 Å². The van der Waals surface area contributed by atoms with Gasteiger partial charge in [0.25, 0.3) is 6.43 Å². The third-order valence-electron chi connectivity index (χ3n) is 2.68. The van der Waals surface area contributed by atoms with Gasteiger partial charge in [0.2, 0.25) is 6.30 Å². The summed E-state index contributed by atoms with van der Waals surface area (Å²) in [6.07, 6.45) is -5.85. The summed E-state index contributed by atoms with van der Waals surface area (Å²) in [4.78, 5) is 11.6. The van der Waals surface area contributed by atoms with E-state index in [9.17, 15) is 18.0 Å². The van der Waals surface area contributed by atoms with Crippen molar-refractivity contribution in [2.75, 3.05) is 7.11 Å². The Morgan fingerprint density at radius 2 is 2.05 bits per heavy atom. The Bertz CT molecular complexity index is 627. The molecule has 1 aromatic carbocycles. The second-order valence-electron chi connectivity index (χ2n) is 3.77. The van der Waals surface area contributed by atoms with E-state index in [1.807, 2.05) is 0 Å². The Labute approximate surface area is 115 Å². The Hall–Kier alpha value is -1.50. The van der Waals surface area contributed by atoms with E-state index in [1.54, 1.807) is 12.1 Å². The van der Waals surface area contributed by atoms with Gasteiger partial charge in [-0.3, -0.25) is 4.57 Å². The fraction of sp³-hybridized carbons (Fsp3) is 0.250. The standard InChI is InChI=1S/C12H9BrF3NO2/c1-19-12(18)9-5-6-7(13)3-2-4-8(6)17(9)11(16)10(14)15/h2-5,10-11H,1H3. The van der Waals surface area contributed by atoms with Crippen LogP contribution in [0.2, 0.25) is 0 Å². The number of fused-ring (bicyclic) bond motifs is 1. The molecular formula is C12H9BrF3NO2. The Morgan fingerprint density at radius 1 is 1.37 bits per heavy atom. The molecule has 2 aromatic rings. The lowest BCUT2D eigenvalue weighted by Gasteiger charge is -2.13. The van der Waals surface area contributed by atoms with Crippen LogP contribution >= 0.6 is 15.9 Å². The number of benzene rings is 1. The largest absolute Gasteiger partial charge is 0.464 e. The van der Waals surface area contributed by atoms with Gasteiger partial charge in [-0.05, 0) is 18.2 Å². The van der Waals surface area contributed by atoms with Crippen molar-refractivity contribution >= 4 is 32.8 Å². The highest BCUT2D eigenvalue weighted by atomic mass is 79.9. The number of carbonyl (C=O) groups is 1. The van der Waals surface area contributed by atoms with Gasteiger partial charge in [-0.25, -0.2) is 18.0 Å². The lowest BCUT2D eigenvalue weighted by Crippen LogP contribution is -2.18. The van der Waals surface area contributed by atoms with E-state index in [0.29, 0.717) is 14.4 Å². The maximum Gasteiger partial charge on any atom is 0.354 e.